The van der Waals surface area contributed by atoms with Crippen LogP contribution in [0.15, 0.2) is 18.2 Å². The Morgan fingerprint density at radius 1 is 1.28 bits per heavy atom. The van der Waals surface area contributed by atoms with Gasteiger partial charge in [0, 0.05) is 11.6 Å². The largest absolute Gasteiger partial charge is 0.508 e. The van der Waals surface area contributed by atoms with Crippen molar-refractivity contribution >= 4 is 0 Å². The van der Waals surface area contributed by atoms with Gasteiger partial charge < -0.3 is 5.11 Å². The van der Waals surface area contributed by atoms with E-state index in [-0.39, 0.29) is 0 Å². The Morgan fingerprint density at radius 2 is 2.11 bits per heavy atom. The maximum atomic E-state index is 9.63. The standard InChI is InChI=1S/C16H23NO/c1-16(2)9-4-10-17(16)15-6-3-5-12-11-13(18)7-8-14(12)15/h7-8,11,15,18H,3-6,9-10H2,1-2H3. The second-order valence-electron chi connectivity index (χ2n) is 6.40. The summed E-state index contributed by atoms with van der Waals surface area (Å²) in [6.45, 7) is 5.96. The fraction of sp³-hybridized carbons (Fsp3) is 0.625. The molecule has 18 heavy (non-hydrogen) atoms. The summed E-state index contributed by atoms with van der Waals surface area (Å²) in [6.07, 6.45) is 6.25. The molecule has 98 valence electrons. The van der Waals surface area contributed by atoms with Gasteiger partial charge in [0.25, 0.3) is 0 Å². The van der Waals surface area contributed by atoms with Crippen molar-refractivity contribution < 1.29 is 5.11 Å². The number of aryl methyl sites for hydroxylation is 1. The normalized spacial score (nSPS) is 27.1. The highest BCUT2D eigenvalue weighted by Gasteiger charge is 2.38. The molecule has 3 rings (SSSR count). The van der Waals surface area contributed by atoms with Gasteiger partial charge in [0.05, 0.1) is 0 Å². The highest BCUT2D eigenvalue weighted by atomic mass is 16.3. The lowest BCUT2D eigenvalue weighted by atomic mass is 9.85. The first kappa shape index (κ1) is 12.0. The maximum absolute atomic E-state index is 9.63. The van der Waals surface area contributed by atoms with Crippen LogP contribution in [0.25, 0.3) is 0 Å². The van der Waals surface area contributed by atoms with E-state index >= 15 is 0 Å². The van der Waals surface area contributed by atoms with Gasteiger partial charge in [-0.15, -0.1) is 0 Å². The van der Waals surface area contributed by atoms with Crippen molar-refractivity contribution in [2.24, 2.45) is 0 Å². The van der Waals surface area contributed by atoms with Crippen LogP contribution in [0.3, 0.4) is 0 Å². The summed E-state index contributed by atoms with van der Waals surface area (Å²) in [7, 11) is 0. The molecule has 2 nitrogen and oxygen atoms in total. The maximum Gasteiger partial charge on any atom is 0.115 e. The van der Waals surface area contributed by atoms with Gasteiger partial charge >= 0.3 is 0 Å². The van der Waals surface area contributed by atoms with Crippen molar-refractivity contribution in [3.63, 3.8) is 0 Å². The van der Waals surface area contributed by atoms with Crippen LogP contribution in [0.4, 0.5) is 0 Å². The van der Waals surface area contributed by atoms with E-state index in [0.29, 0.717) is 17.3 Å². The summed E-state index contributed by atoms with van der Waals surface area (Å²) in [5.74, 6) is 0.412. The van der Waals surface area contributed by atoms with Crippen molar-refractivity contribution in [2.45, 2.75) is 57.5 Å². The number of aromatic hydroxyl groups is 1. The molecule has 1 fully saturated rings. The monoisotopic (exact) mass is 245 g/mol. The predicted molar refractivity (Wildman–Crippen MR) is 73.8 cm³/mol. The van der Waals surface area contributed by atoms with Gasteiger partial charge in [0.1, 0.15) is 5.75 Å². The van der Waals surface area contributed by atoms with Crippen LogP contribution >= 0.6 is 0 Å². The summed E-state index contributed by atoms with van der Waals surface area (Å²) < 4.78 is 0. The predicted octanol–water partition coefficient (Wildman–Crippen LogP) is 3.64. The minimum atomic E-state index is 0.331. The Bertz CT molecular complexity index is 452. The van der Waals surface area contributed by atoms with Crippen LogP contribution in [0.2, 0.25) is 0 Å². The number of likely N-dealkylation sites (tertiary alicyclic amines) is 1. The van der Waals surface area contributed by atoms with Crippen LogP contribution < -0.4 is 0 Å². The van der Waals surface area contributed by atoms with Gasteiger partial charge in [0.2, 0.25) is 0 Å². The summed E-state index contributed by atoms with van der Waals surface area (Å²) in [4.78, 5) is 2.68. The lowest BCUT2D eigenvalue weighted by molar-refractivity contribution is 0.103. The molecule has 0 amide bonds. The van der Waals surface area contributed by atoms with E-state index in [1.807, 2.05) is 12.1 Å². The summed E-state index contributed by atoms with van der Waals surface area (Å²) in [5.41, 5.74) is 3.14. The van der Waals surface area contributed by atoms with Crippen molar-refractivity contribution in [3.8, 4) is 5.75 Å². The molecule has 0 aromatic heterocycles. The van der Waals surface area contributed by atoms with Gasteiger partial charge in [-0.1, -0.05) is 6.07 Å². The number of hydrogen-bond acceptors (Lipinski definition) is 2. The molecule has 1 heterocycles. The zero-order chi connectivity index (χ0) is 12.8. The molecule has 1 aliphatic carbocycles. The zero-order valence-electron chi connectivity index (χ0n) is 11.4. The third kappa shape index (κ3) is 1.93. The second-order valence-corrected chi connectivity index (χ2v) is 6.40. The highest BCUT2D eigenvalue weighted by Crippen LogP contribution is 2.42. The Morgan fingerprint density at radius 3 is 2.83 bits per heavy atom. The molecule has 1 aromatic carbocycles. The third-order valence-electron chi connectivity index (χ3n) is 4.75. The molecular formula is C16H23NO. The van der Waals surface area contributed by atoms with E-state index in [1.54, 1.807) is 0 Å². The molecule has 1 aliphatic heterocycles. The van der Waals surface area contributed by atoms with Gasteiger partial charge in [-0.3, -0.25) is 4.90 Å². The van der Waals surface area contributed by atoms with Crippen molar-refractivity contribution in [1.82, 2.24) is 4.90 Å². The lowest BCUT2D eigenvalue weighted by Gasteiger charge is -2.41. The van der Waals surface area contributed by atoms with Gasteiger partial charge in [-0.25, -0.2) is 0 Å². The molecule has 0 spiro atoms. The number of phenols is 1. The van der Waals surface area contributed by atoms with Gasteiger partial charge in [-0.2, -0.15) is 0 Å². The highest BCUT2D eigenvalue weighted by molar-refractivity contribution is 5.38. The van der Waals surface area contributed by atoms with E-state index in [0.717, 1.165) is 6.42 Å². The molecular weight excluding hydrogens is 222 g/mol. The van der Waals surface area contributed by atoms with Crippen LogP contribution in [0, 0.1) is 0 Å². The molecule has 0 radical (unpaired) electrons. The van der Waals surface area contributed by atoms with Gasteiger partial charge in [0.15, 0.2) is 0 Å². The van der Waals surface area contributed by atoms with Crippen molar-refractivity contribution in [1.29, 1.82) is 0 Å². The molecule has 0 bridgehead atoms. The van der Waals surface area contributed by atoms with E-state index in [1.165, 1.54) is 43.4 Å². The molecule has 1 N–H and O–H groups in total. The first-order chi connectivity index (χ1) is 8.58. The Hall–Kier alpha value is -1.02. The Kier molecular flexibility index (Phi) is 2.86. The number of fused-ring (bicyclic) bond motifs is 1. The second kappa shape index (κ2) is 4.27. The fourth-order valence-corrected chi connectivity index (χ4v) is 3.80. The van der Waals surface area contributed by atoms with Crippen molar-refractivity contribution in [2.75, 3.05) is 6.54 Å². The number of phenolic OH excluding ortho intramolecular Hbond substituents is 1. The first-order valence-corrected chi connectivity index (χ1v) is 7.16. The van der Waals surface area contributed by atoms with Crippen LogP contribution in [-0.4, -0.2) is 22.1 Å². The Labute approximate surface area is 110 Å². The summed E-state index contributed by atoms with van der Waals surface area (Å²) in [5, 5.41) is 9.63. The number of benzene rings is 1. The molecule has 2 heteroatoms. The molecule has 1 aromatic rings. The molecule has 2 aliphatic rings. The molecule has 1 unspecified atom stereocenters. The minimum absolute atomic E-state index is 0.331. The number of rotatable bonds is 1. The van der Waals surface area contributed by atoms with E-state index in [4.69, 9.17) is 0 Å². The fourth-order valence-electron chi connectivity index (χ4n) is 3.80. The number of nitrogens with zero attached hydrogens (tertiary/aromatic N) is 1. The van der Waals surface area contributed by atoms with E-state index in [9.17, 15) is 5.11 Å². The lowest BCUT2D eigenvalue weighted by Crippen LogP contribution is -2.42. The first-order valence-electron chi connectivity index (χ1n) is 7.16. The Balaban J connectivity index is 1.96. The smallest absolute Gasteiger partial charge is 0.115 e. The van der Waals surface area contributed by atoms with E-state index < -0.39 is 0 Å². The molecule has 0 saturated carbocycles. The van der Waals surface area contributed by atoms with Gasteiger partial charge in [-0.05, 0) is 75.8 Å². The summed E-state index contributed by atoms with van der Waals surface area (Å²) >= 11 is 0. The molecule has 1 atom stereocenters. The van der Waals surface area contributed by atoms with Crippen LogP contribution in [-0.2, 0) is 6.42 Å². The third-order valence-corrected chi connectivity index (χ3v) is 4.75. The van der Waals surface area contributed by atoms with Crippen LogP contribution in [0.1, 0.15) is 56.7 Å². The zero-order valence-corrected chi connectivity index (χ0v) is 11.4. The van der Waals surface area contributed by atoms with E-state index in [2.05, 4.69) is 24.8 Å². The van der Waals surface area contributed by atoms with Crippen LogP contribution in [0.5, 0.6) is 5.75 Å². The number of hydrogen-bond donors (Lipinski definition) is 1. The SMILES string of the molecule is CC1(C)CCCN1C1CCCc2cc(O)ccc21. The topological polar surface area (TPSA) is 23.5 Å². The average Bonchev–Trinajstić information content (AvgIpc) is 2.67. The minimum Gasteiger partial charge on any atom is -0.508 e. The average molecular weight is 245 g/mol. The summed E-state index contributed by atoms with van der Waals surface area (Å²) in [6, 6.07) is 6.51. The molecule has 1 saturated heterocycles. The quantitative estimate of drug-likeness (QED) is 0.816. The van der Waals surface area contributed by atoms with Crippen molar-refractivity contribution in [3.05, 3.63) is 29.3 Å².